The largest absolute Gasteiger partial charge is 0.340 e. The van der Waals surface area contributed by atoms with Crippen molar-refractivity contribution in [3.8, 4) is 0 Å². The Balaban J connectivity index is 1.36. The second kappa shape index (κ2) is 6.80. The van der Waals surface area contributed by atoms with Crippen LogP contribution in [-0.4, -0.2) is 60.0 Å². The molecule has 1 aromatic rings. The van der Waals surface area contributed by atoms with Crippen molar-refractivity contribution in [3.05, 3.63) is 35.4 Å². The van der Waals surface area contributed by atoms with Gasteiger partial charge in [0.25, 0.3) is 0 Å². The fraction of sp³-hybridized carbons (Fsp3) is 0.611. The molecule has 2 unspecified atom stereocenters. The van der Waals surface area contributed by atoms with Crippen LogP contribution in [0.3, 0.4) is 0 Å². The number of benzene rings is 1. The molecule has 0 aromatic heterocycles. The Morgan fingerprint density at radius 2 is 1.79 bits per heavy atom. The van der Waals surface area contributed by atoms with Crippen molar-refractivity contribution in [2.24, 2.45) is 0 Å². The molecule has 1 aromatic carbocycles. The van der Waals surface area contributed by atoms with Gasteiger partial charge >= 0.3 is 0 Å². The molecule has 1 aliphatic carbocycles. The standard InChI is InChI=1S/C18H27N5O/c1-13-17(20-21-19-13)18(24)23-8-4-7-22(9-10-23)16-11-14-5-2-3-6-15(14)12-16/h2-3,5-6,13,16-17,19-21H,4,7-12H2,1H3. The van der Waals surface area contributed by atoms with Gasteiger partial charge in [0, 0.05) is 38.3 Å². The van der Waals surface area contributed by atoms with Gasteiger partial charge in [-0.1, -0.05) is 24.3 Å². The van der Waals surface area contributed by atoms with Crippen molar-refractivity contribution in [3.63, 3.8) is 0 Å². The summed E-state index contributed by atoms with van der Waals surface area (Å²) in [6.45, 7) is 5.78. The number of nitrogens with zero attached hydrogens (tertiary/aromatic N) is 2. The van der Waals surface area contributed by atoms with Crippen molar-refractivity contribution in [1.29, 1.82) is 0 Å². The lowest BCUT2D eigenvalue weighted by molar-refractivity contribution is -0.133. The van der Waals surface area contributed by atoms with E-state index in [1.165, 1.54) is 11.1 Å². The Labute approximate surface area is 143 Å². The number of rotatable bonds is 2. The molecule has 1 amide bonds. The highest BCUT2D eigenvalue weighted by molar-refractivity contribution is 5.83. The summed E-state index contributed by atoms with van der Waals surface area (Å²) in [6.07, 6.45) is 3.36. The Kier molecular flexibility index (Phi) is 4.54. The number of hydrogen-bond donors (Lipinski definition) is 3. The van der Waals surface area contributed by atoms with E-state index in [0.717, 1.165) is 45.4 Å². The molecule has 6 nitrogen and oxygen atoms in total. The maximum absolute atomic E-state index is 12.7. The average molecular weight is 329 g/mol. The first-order chi connectivity index (χ1) is 11.7. The normalized spacial score (nSPS) is 28.8. The van der Waals surface area contributed by atoms with E-state index in [1.807, 2.05) is 11.8 Å². The smallest absolute Gasteiger partial charge is 0.242 e. The Hall–Kier alpha value is -1.47. The quantitative estimate of drug-likeness (QED) is 0.716. The molecular weight excluding hydrogens is 302 g/mol. The Morgan fingerprint density at radius 1 is 1.04 bits per heavy atom. The van der Waals surface area contributed by atoms with Crippen LogP contribution in [0, 0.1) is 0 Å². The summed E-state index contributed by atoms with van der Waals surface area (Å²) in [6, 6.07) is 9.34. The van der Waals surface area contributed by atoms with Gasteiger partial charge in [0.05, 0.1) is 0 Å². The molecule has 24 heavy (non-hydrogen) atoms. The average Bonchev–Trinajstić information content (AvgIpc) is 3.13. The van der Waals surface area contributed by atoms with Crippen LogP contribution in [0.25, 0.3) is 0 Å². The van der Waals surface area contributed by atoms with Gasteiger partial charge in [-0.2, -0.15) is 5.53 Å². The number of carbonyl (C=O) groups is 1. The van der Waals surface area contributed by atoms with Crippen LogP contribution in [0.2, 0.25) is 0 Å². The Bertz CT molecular complexity index is 582. The van der Waals surface area contributed by atoms with Crippen molar-refractivity contribution < 1.29 is 4.79 Å². The van der Waals surface area contributed by atoms with Crippen LogP contribution >= 0.6 is 0 Å². The maximum Gasteiger partial charge on any atom is 0.242 e. The minimum atomic E-state index is -0.174. The van der Waals surface area contributed by atoms with E-state index in [-0.39, 0.29) is 18.0 Å². The summed E-state index contributed by atoms with van der Waals surface area (Å²) in [4.78, 5) is 17.4. The van der Waals surface area contributed by atoms with Crippen molar-refractivity contribution >= 4 is 5.91 Å². The highest BCUT2D eigenvalue weighted by atomic mass is 16.2. The lowest BCUT2D eigenvalue weighted by Gasteiger charge is -2.28. The van der Waals surface area contributed by atoms with E-state index in [2.05, 4.69) is 45.6 Å². The van der Waals surface area contributed by atoms with Crippen LogP contribution < -0.4 is 16.4 Å². The van der Waals surface area contributed by atoms with Gasteiger partial charge < -0.3 is 4.90 Å². The number of nitrogens with one attached hydrogen (secondary N) is 3. The van der Waals surface area contributed by atoms with Gasteiger partial charge in [0.2, 0.25) is 5.91 Å². The molecule has 4 rings (SSSR count). The number of fused-ring (bicyclic) bond motifs is 1. The zero-order valence-electron chi connectivity index (χ0n) is 14.3. The lowest BCUT2D eigenvalue weighted by atomic mass is 10.1. The molecule has 3 aliphatic rings. The molecule has 0 spiro atoms. The fourth-order valence-electron chi connectivity index (χ4n) is 4.23. The first kappa shape index (κ1) is 16.0. The summed E-state index contributed by atoms with van der Waals surface area (Å²) >= 11 is 0. The van der Waals surface area contributed by atoms with Gasteiger partial charge in [-0.25, -0.2) is 10.9 Å². The van der Waals surface area contributed by atoms with Crippen LogP contribution in [0.15, 0.2) is 24.3 Å². The van der Waals surface area contributed by atoms with E-state index in [0.29, 0.717) is 6.04 Å². The highest BCUT2D eigenvalue weighted by Gasteiger charge is 2.34. The van der Waals surface area contributed by atoms with Gasteiger partial charge in [-0.3, -0.25) is 9.69 Å². The van der Waals surface area contributed by atoms with Crippen molar-refractivity contribution in [1.82, 2.24) is 26.2 Å². The summed E-state index contributed by atoms with van der Waals surface area (Å²) in [5.41, 5.74) is 12.0. The third kappa shape index (κ3) is 3.07. The van der Waals surface area contributed by atoms with Crippen molar-refractivity contribution in [2.45, 2.75) is 44.3 Å². The lowest BCUT2D eigenvalue weighted by Crippen LogP contribution is -2.50. The fourth-order valence-corrected chi connectivity index (χ4v) is 4.23. The molecule has 2 aliphatic heterocycles. The zero-order chi connectivity index (χ0) is 16.5. The number of amides is 1. The molecule has 2 heterocycles. The molecule has 3 N–H and O–H groups in total. The maximum atomic E-state index is 12.7. The van der Waals surface area contributed by atoms with Gasteiger partial charge in [0.15, 0.2) is 0 Å². The van der Waals surface area contributed by atoms with Crippen LogP contribution in [0.5, 0.6) is 0 Å². The number of hydrogen-bond acceptors (Lipinski definition) is 5. The first-order valence-electron chi connectivity index (χ1n) is 9.08. The summed E-state index contributed by atoms with van der Waals surface area (Å²) in [5, 5.41) is 0. The minimum Gasteiger partial charge on any atom is -0.340 e. The second-order valence-electron chi connectivity index (χ2n) is 7.23. The molecule has 2 saturated heterocycles. The Morgan fingerprint density at radius 3 is 2.46 bits per heavy atom. The minimum absolute atomic E-state index is 0.112. The van der Waals surface area contributed by atoms with E-state index in [4.69, 9.17) is 0 Å². The highest BCUT2D eigenvalue weighted by Crippen LogP contribution is 2.26. The topological polar surface area (TPSA) is 59.6 Å². The van der Waals surface area contributed by atoms with E-state index < -0.39 is 0 Å². The summed E-state index contributed by atoms with van der Waals surface area (Å²) < 4.78 is 0. The van der Waals surface area contributed by atoms with E-state index in [1.54, 1.807) is 0 Å². The number of hydrazine groups is 2. The van der Waals surface area contributed by atoms with E-state index >= 15 is 0 Å². The zero-order valence-corrected chi connectivity index (χ0v) is 14.3. The summed E-state index contributed by atoms with van der Waals surface area (Å²) in [5.74, 6) is 0.205. The third-order valence-corrected chi connectivity index (χ3v) is 5.68. The van der Waals surface area contributed by atoms with Gasteiger partial charge in [-0.05, 0) is 37.3 Å². The van der Waals surface area contributed by atoms with Crippen LogP contribution in [0.1, 0.15) is 24.5 Å². The molecule has 2 fully saturated rings. The molecule has 6 heteroatoms. The summed E-state index contributed by atoms with van der Waals surface area (Å²) in [7, 11) is 0. The molecular formula is C18H27N5O. The molecule has 2 atom stereocenters. The van der Waals surface area contributed by atoms with Gasteiger partial charge in [-0.15, -0.1) is 0 Å². The third-order valence-electron chi connectivity index (χ3n) is 5.68. The molecule has 0 bridgehead atoms. The molecule has 0 radical (unpaired) electrons. The molecule has 0 saturated carbocycles. The number of carbonyl (C=O) groups excluding carboxylic acids is 1. The SMILES string of the molecule is CC1NNNC1C(=O)N1CCCN(C2Cc3ccccc3C2)CC1. The van der Waals surface area contributed by atoms with E-state index in [9.17, 15) is 4.79 Å². The van der Waals surface area contributed by atoms with Crippen LogP contribution in [0.4, 0.5) is 0 Å². The predicted octanol–water partition coefficient (Wildman–Crippen LogP) is 0.0576. The molecule has 130 valence electrons. The first-order valence-corrected chi connectivity index (χ1v) is 9.08. The van der Waals surface area contributed by atoms with Crippen LogP contribution in [-0.2, 0) is 17.6 Å². The van der Waals surface area contributed by atoms with Crippen molar-refractivity contribution in [2.75, 3.05) is 26.2 Å². The second-order valence-corrected chi connectivity index (χ2v) is 7.23. The monoisotopic (exact) mass is 329 g/mol. The predicted molar refractivity (Wildman–Crippen MR) is 93.1 cm³/mol. The van der Waals surface area contributed by atoms with Gasteiger partial charge in [0.1, 0.15) is 6.04 Å².